The summed E-state index contributed by atoms with van der Waals surface area (Å²) in [5, 5.41) is 19.1. The Bertz CT molecular complexity index is 352. The Morgan fingerprint density at radius 1 is 0.938 bits per heavy atom. The average molecular weight is 228 g/mol. The highest BCUT2D eigenvalue weighted by molar-refractivity contribution is 5.94. The normalized spacial score (nSPS) is 16.1. The first-order chi connectivity index (χ1) is 7.51. The van der Waals surface area contributed by atoms with E-state index in [-0.39, 0.29) is 35.5 Å². The lowest BCUT2D eigenvalue weighted by Gasteiger charge is -2.17. The molecule has 0 aromatic carbocycles. The van der Waals surface area contributed by atoms with Gasteiger partial charge >= 0.3 is 11.9 Å². The van der Waals surface area contributed by atoms with Crippen LogP contribution < -0.4 is 0 Å². The quantitative estimate of drug-likeness (QED) is 0.677. The first kappa shape index (κ1) is 12.1. The van der Waals surface area contributed by atoms with Crippen LogP contribution in [0.4, 0.5) is 0 Å². The minimum Gasteiger partial charge on any atom is -0.511 e. The lowest BCUT2D eigenvalue weighted by molar-refractivity contribution is -0.138. The van der Waals surface area contributed by atoms with E-state index in [4.69, 9.17) is 0 Å². The molecule has 0 saturated heterocycles. The van der Waals surface area contributed by atoms with Crippen molar-refractivity contribution in [3.63, 3.8) is 0 Å². The fraction of sp³-hybridized carbons (Fsp3) is 0.400. The molecule has 0 bridgehead atoms. The molecule has 0 saturated carbocycles. The number of esters is 2. The second kappa shape index (κ2) is 4.69. The van der Waals surface area contributed by atoms with E-state index in [1.807, 2.05) is 0 Å². The predicted molar refractivity (Wildman–Crippen MR) is 52.6 cm³/mol. The Morgan fingerprint density at radius 2 is 1.25 bits per heavy atom. The van der Waals surface area contributed by atoms with Gasteiger partial charge in [0.05, 0.1) is 25.4 Å². The van der Waals surface area contributed by atoms with Crippen LogP contribution in [0.15, 0.2) is 22.7 Å². The summed E-state index contributed by atoms with van der Waals surface area (Å²) in [6, 6.07) is 0. The molecule has 0 atom stereocenters. The van der Waals surface area contributed by atoms with Crippen LogP contribution in [0.25, 0.3) is 0 Å². The van der Waals surface area contributed by atoms with Crippen LogP contribution in [-0.2, 0) is 19.1 Å². The maximum absolute atomic E-state index is 11.2. The van der Waals surface area contributed by atoms with Gasteiger partial charge in [0.1, 0.15) is 11.5 Å². The van der Waals surface area contributed by atoms with Crippen molar-refractivity contribution in [3.8, 4) is 0 Å². The van der Waals surface area contributed by atoms with Crippen LogP contribution in [0, 0.1) is 0 Å². The van der Waals surface area contributed by atoms with Crippen molar-refractivity contribution in [1.29, 1.82) is 0 Å². The lowest BCUT2D eigenvalue weighted by Crippen LogP contribution is -2.18. The minimum atomic E-state index is -0.729. The Morgan fingerprint density at radius 3 is 1.50 bits per heavy atom. The van der Waals surface area contributed by atoms with Gasteiger partial charge in [0.15, 0.2) is 0 Å². The third kappa shape index (κ3) is 2.16. The van der Waals surface area contributed by atoms with Crippen LogP contribution in [0.1, 0.15) is 12.8 Å². The van der Waals surface area contributed by atoms with Crippen molar-refractivity contribution in [2.75, 3.05) is 14.2 Å². The van der Waals surface area contributed by atoms with Gasteiger partial charge in [0, 0.05) is 12.8 Å². The van der Waals surface area contributed by atoms with Crippen molar-refractivity contribution in [1.82, 2.24) is 0 Å². The number of hydrogen-bond acceptors (Lipinski definition) is 6. The average Bonchev–Trinajstić information content (AvgIpc) is 2.29. The van der Waals surface area contributed by atoms with Gasteiger partial charge in [-0.25, -0.2) is 9.59 Å². The second-order valence-electron chi connectivity index (χ2n) is 3.19. The number of carbonyl (C=O) groups excluding carboxylic acids is 2. The number of allylic oxidation sites excluding steroid dienone is 2. The number of methoxy groups -OCH3 is 2. The van der Waals surface area contributed by atoms with Gasteiger partial charge in [0.25, 0.3) is 0 Å². The molecule has 1 rings (SSSR count). The maximum Gasteiger partial charge on any atom is 0.337 e. The van der Waals surface area contributed by atoms with E-state index in [0.29, 0.717) is 0 Å². The zero-order chi connectivity index (χ0) is 12.3. The van der Waals surface area contributed by atoms with Crippen LogP contribution in [0.3, 0.4) is 0 Å². The molecule has 0 aliphatic heterocycles. The molecule has 16 heavy (non-hydrogen) atoms. The summed E-state index contributed by atoms with van der Waals surface area (Å²) in [6.45, 7) is 0. The SMILES string of the molecule is COC(=O)C1=C(O)CC(C(=O)OC)=C(O)C1. The Balaban J connectivity index is 2.96. The summed E-state index contributed by atoms with van der Waals surface area (Å²) in [7, 11) is 2.33. The molecule has 0 aromatic heterocycles. The molecular weight excluding hydrogens is 216 g/mol. The molecule has 0 radical (unpaired) electrons. The molecule has 6 heteroatoms. The number of aliphatic hydroxyl groups is 2. The monoisotopic (exact) mass is 228 g/mol. The number of hydrogen-bond donors (Lipinski definition) is 2. The molecule has 6 nitrogen and oxygen atoms in total. The van der Waals surface area contributed by atoms with Crippen LogP contribution >= 0.6 is 0 Å². The third-order valence-corrected chi connectivity index (χ3v) is 2.25. The molecule has 2 N–H and O–H groups in total. The van der Waals surface area contributed by atoms with Crippen molar-refractivity contribution >= 4 is 11.9 Å². The summed E-state index contributed by atoms with van der Waals surface area (Å²) in [6.07, 6.45) is -0.466. The van der Waals surface area contributed by atoms with E-state index in [1.165, 1.54) is 14.2 Å². The predicted octanol–water partition coefficient (Wildman–Crippen LogP) is 0.750. The first-order valence-electron chi connectivity index (χ1n) is 4.49. The minimum absolute atomic E-state index is 0.0485. The van der Waals surface area contributed by atoms with Gasteiger partial charge in [-0.15, -0.1) is 0 Å². The molecule has 88 valence electrons. The molecule has 1 aliphatic carbocycles. The molecular formula is C10H12O6. The Hall–Kier alpha value is -1.98. The van der Waals surface area contributed by atoms with E-state index in [1.54, 1.807) is 0 Å². The molecule has 0 fully saturated rings. The summed E-state index contributed by atoms with van der Waals surface area (Å²) < 4.78 is 8.85. The van der Waals surface area contributed by atoms with Crippen LogP contribution in [0.2, 0.25) is 0 Å². The highest BCUT2D eigenvalue weighted by atomic mass is 16.5. The van der Waals surface area contributed by atoms with Crippen molar-refractivity contribution < 1.29 is 29.3 Å². The van der Waals surface area contributed by atoms with E-state index in [0.717, 1.165) is 0 Å². The van der Waals surface area contributed by atoms with Crippen molar-refractivity contribution in [2.24, 2.45) is 0 Å². The Kier molecular flexibility index (Phi) is 3.55. The number of rotatable bonds is 2. The number of aliphatic hydroxyl groups excluding tert-OH is 2. The van der Waals surface area contributed by atoms with E-state index < -0.39 is 11.9 Å². The van der Waals surface area contributed by atoms with E-state index in [2.05, 4.69) is 9.47 Å². The van der Waals surface area contributed by atoms with Crippen LogP contribution in [-0.4, -0.2) is 36.4 Å². The fourth-order valence-electron chi connectivity index (χ4n) is 1.38. The van der Waals surface area contributed by atoms with Gasteiger partial charge in [-0.1, -0.05) is 0 Å². The molecule has 0 spiro atoms. The van der Waals surface area contributed by atoms with Gasteiger partial charge in [-0.3, -0.25) is 0 Å². The fourth-order valence-corrected chi connectivity index (χ4v) is 1.38. The van der Waals surface area contributed by atoms with E-state index >= 15 is 0 Å². The Labute approximate surface area is 91.8 Å². The molecule has 0 aromatic rings. The number of ether oxygens (including phenoxy) is 2. The van der Waals surface area contributed by atoms with Crippen molar-refractivity contribution in [3.05, 3.63) is 22.7 Å². The molecule has 0 heterocycles. The first-order valence-corrected chi connectivity index (χ1v) is 4.49. The van der Waals surface area contributed by atoms with Gasteiger partial charge in [-0.05, 0) is 0 Å². The standard InChI is InChI=1S/C10H12O6/c1-15-9(13)5-3-8(12)6(4-7(5)11)10(14)16-2/h11-12H,3-4H2,1-2H3. The van der Waals surface area contributed by atoms with Crippen molar-refractivity contribution in [2.45, 2.75) is 12.8 Å². The van der Waals surface area contributed by atoms with E-state index in [9.17, 15) is 19.8 Å². The van der Waals surface area contributed by atoms with Crippen LogP contribution in [0.5, 0.6) is 0 Å². The van der Waals surface area contributed by atoms with Gasteiger partial charge in [0.2, 0.25) is 0 Å². The zero-order valence-electron chi connectivity index (χ0n) is 8.94. The molecule has 0 unspecified atom stereocenters. The largest absolute Gasteiger partial charge is 0.511 e. The molecule has 1 aliphatic rings. The summed E-state index contributed by atoms with van der Waals surface area (Å²) in [4.78, 5) is 22.4. The third-order valence-electron chi connectivity index (χ3n) is 2.25. The lowest BCUT2D eigenvalue weighted by atomic mass is 9.96. The maximum atomic E-state index is 11.2. The summed E-state index contributed by atoms with van der Waals surface area (Å²) in [5.41, 5.74) is -0.0969. The van der Waals surface area contributed by atoms with Gasteiger partial charge in [-0.2, -0.15) is 0 Å². The summed E-state index contributed by atoms with van der Waals surface area (Å²) in [5.74, 6) is -2.03. The number of carbonyl (C=O) groups is 2. The topological polar surface area (TPSA) is 93.1 Å². The highest BCUT2D eigenvalue weighted by Gasteiger charge is 2.28. The zero-order valence-corrected chi connectivity index (χ0v) is 8.94. The second-order valence-corrected chi connectivity index (χ2v) is 3.19. The highest BCUT2D eigenvalue weighted by Crippen LogP contribution is 2.28. The summed E-state index contributed by atoms with van der Waals surface area (Å²) >= 11 is 0. The smallest absolute Gasteiger partial charge is 0.337 e. The molecule has 0 amide bonds. The van der Waals surface area contributed by atoms with Gasteiger partial charge < -0.3 is 19.7 Å².